The van der Waals surface area contributed by atoms with Gasteiger partial charge in [0, 0.05) is 32.2 Å². The van der Waals surface area contributed by atoms with Crippen LogP contribution >= 0.6 is 12.2 Å². The number of ether oxygens (including phenoxy) is 1. The van der Waals surface area contributed by atoms with Crippen LogP contribution in [0.1, 0.15) is 32.6 Å². The van der Waals surface area contributed by atoms with Crippen LogP contribution in [0.3, 0.4) is 0 Å². The molecule has 29 heavy (non-hydrogen) atoms. The van der Waals surface area contributed by atoms with Crippen molar-refractivity contribution in [2.75, 3.05) is 32.8 Å². The van der Waals surface area contributed by atoms with E-state index in [4.69, 9.17) is 17.0 Å². The number of likely N-dealkylation sites (tertiary alicyclic amines) is 2. The molecular weight excluding hydrogens is 388 g/mol. The topological polar surface area (TPSA) is 66.0 Å². The summed E-state index contributed by atoms with van der Waals surface area (Å²) in [5.41, 5.74) is 2.13. The number of aliphatic hydroxyl groups excluding tert-OH is 2. The Bertz CT molecular complexity index is 896. The SMILES string of the molecule is CCOc1ccc2c(c1)n(CN1CCC[C@@H](O)C1)c(=S)n2CN1CCC[C@@H](O)C1. The van der Waals surface area contributed by atoms with Crippen molar-refractivity contribution in [1.82, 2.24) is 18.9 Å². The van der Waals surface area contributed by atoms with Crippen LogP contribution < -0.4 is 4.74 Å². The minimum Gasteiger partial charge on any atom is -0.494 e. The second kappa shape index (κ2) is 9.14. The van der Waals surface area contributed by atoms with Crippen molar-refractivity contribution < 1.29 is 14.9 Å². The third-order valence-corrected chi connectivity index (χ3v) is 6.39. The van der Waals surface area contributed by atoms with Crippen LogP contribution in [0.2, 0.25) is 0 Å². The molecule has 2 aromatic rings. The fourth-order valence-corrected chi connectivity index (χ4v) is 4.86. The Morgan fingerprint density at radius 2 is 1.55 bits per heavy atom. The van der Waals surface area contributed by atoms with Crippen LogP contribution in [0.5, 0.6) is 5.75 Å². The molecule has 7 nitrogen and oxygen atoms in total. The Balaban J connectivity index is 1.69. The molecule has 0 bridgehead atoms. The van der Waals surface area contributed by atoms with E-state index >= 15 is 0 Å². The van der Waals surface area contributed by atoms with Crippen LogP contribution in [-0.2, 0) is 13.3 Å². The zero-order valence-corrected chi connectivity index (χ0v) is 18.0. The lowest BCUT2D eigenvalue weighted by Gasteiger charge is -2.31. The van der Waals surface area contributed by atoms with Crippen LogP contribution in [0, 0.1) is 4.77 Å². The lowest BCUT2D eigenvalue weighted by molar-refractivity contribution is 0.0515. The van der Waals surface area contributed by atoms with Gasteiger partial charge in [-0.05, 0) is 57.0 Å². The third kappa shape index (κ3) is 4.67. The summed E-state index contributed by atoms with van der Waals surface area (Å²) >= 11 is 5.90. The number of piperidine rings is 2. The van der Waals surface area contributed by atoms with E-state index in [1.807, 2.05) is 13.0 Å². The molecule has 0 saturated carbocycles. The Labute approximate surface area is 177 Å². The van der Waals surface area contributed by atoms with Crippen molar-refractivity contribution in [2.45, 2.75) is 58.2 Å². The van der Waals surface area contributed by atoms with Gasteiger partial charge in [0.25, 0.3) is 0 Å². The van der Waals surface area contributed by atoms with E-state index in [1.54, 1.807) is 0 Å². The first-order valence-corrected chi connectivity index (χ1v) is 11.1. The number of hydrogen-bond donors (Lipinski definition) is 2. The van der Waals surface area contributed by atoms with Gasteiger partial charge in [-0.2, -0.15) is 0 Å². The van der Waals surface area contributed by atoms with Gasteiger partial charge in [-0.15, -0.1) is 0 Å². The second-order valence-corrected chi connectivity index (χ2v) is 8.62. The van der Waals surface area contributed by atoms with Crippen LogP contribution in [0.4, 0.5) is 0 Å². The quantitative estimate of drug-likeness (QED) is 0.700. The maximum Gasteiger partial charge on any atom is 0.183 e. The minimum atomic E-state index is -0.264. The van der Waals surface area contributed by atoms with Gasteiger partial charge in [0.1, 0.15) is 5.75 Å². The molecule has 2 aliphatic rings. The highest BCUT2D eigenvalue weighted by molar-refractivity contribution is 7.71. The molecule has 1 aromatic carbocycles. The van der Waals surface area contributed by atoms with E-state index in [0.717, 1.165) is 60.3 Å². The van der Waals surface area contributed by atoms with Gasteiger partial charge >= 0.3 is 0 Å². The maximum atomic E-state index is 10.1. The number of imidazole rings is 1. The van der Waals surface area contributed by atoms with Crippen LogP contribution in [-0.4, -0.2) is 74.1 Å². The van der Waals surface area contributed by atoms with Crippen LogP contribution in [0.15, 0.2) is 18.2 Å². The summed E-state index contributed by atoms with van der Waals surface area (Å²) < 4.78 is 10.8. The lowest BCUT2D eigenvalue weighted by Crippen LogP contribution is -2.40. The Kier molecular flexibility index (Phi) is 6.56. The number of fused-ring (bicyclic) bond motifs is 1. The van der Waals surface area contributed by atoms with E-state index in [9.17, 15) is 10.2 Å². The van der Waals surface area contributed by atoms with Gasteiger partial charge in [-0.25, -0.2) is 0 Å². The molecule has 4 rings (SSSR count). The first-order valence-electron chi connectivity index (χ1n) is 10.7. The Hall–Kier alpha value is -1.45. The lowest BCUT2D eigenvalue weighted by atomic mass is 10.1. The number of aromatic nitrogens is 2. The molecule has 2 fully saturated rings. The van der Waals surface area contributed by atoms with E-state index < -0.39 is 0 Å². The molecule has 2 aliphatic heterocycles. The molecule has 1 aromatic heterocycles. The summed E-state index contributed by atoms with van der Waals surface area (Å²) in [6.45, 7) is 7.25. The molecular formula is C21H32N4O3S. The summed E-state index contributed by atoms with van der Waals surface area (Å²) in [5, 5.41) is 20.1. The summed E-state index contributed by atoms with van der Waals surface area (Å²) in [6.07, 6.45) is 3.23. The number of rotatable bonds is 6. The van der Waals surface area contributed by atoms with E-state index in [1.165, 1.54) is 0 Å². The van der Waals surface area contributed by atoms with Gasteiger partial charge < -0.3 is 24.1 Å². The van der Waals surface area contributed by atoms with Crippen molar-refractivity contribution in [1.29, 1.82) is 0 Å². The zero-order chi connectivity index (χ0) is 20.4. The summed E-state index contributed by atoms with van der Waals surface area (Å²) in [4.78, 5) is 4.54. The van der Waals surface area contributed by atoms with Crippen molar-refractivity contribution in [3.8, 4) is 5.75 Å². The van der Waals surface area contributed by atoms with Gasteiger partial charge in [-0.3, -0.25) is 9.80 Å². The first kappa shape index (κ1) is 20.8. The molecule has 0 spiro atoms. The summed E-state index contributed by atoms with van der Waals surface area (Å²) in [5.74, 6) is 0.841. The van der Waals surface area contributed by atoms with Gasteiger partial charge in [0.05, 0.1) is 43.2 Å². The Morgan fingerprint density at radius 1 is 0.966 bits per heavy atom. The molecule has 3 heterocycles. The monoisotopic (exact) mass is 420 g/mol. The van der Waals surface area contributed by atoms with Gasteiger partial charge in [0.15, 0.2) is 4.77 Å². The highest BCUT2D eigenvalue weighted by atomic mass is 32.1. The molecule has 0 radical (unpaired) electrons. The predicted molar refractivity (Wildman–Crippen MR) is 116 cm³/mol. The molecule has 0 aliphatic carbocycles. The van der Waals surface area contributed by atoms with Crippen molar-refractivity contribution in [3.63, 3.8) is 0 Å². The van der Waals surface area contributed by atoms with E-state index in [-0.39, 0.29) is 12.2 Å². The predicted octanol–water partition coefficient (Wildman–Crippen LogP) is 2.40. The Morgan fingerprint density at radius 3 is 2.10 bits per heavy atom. The van der Waals surface area contributed by atoms with Crippen molar-refractivity contribution >= 4 is 23.3 Å². The maximum absolute atomic E-state index is 10.1. The number of hydrogen-bond acceptors (Lipinski definition) is 6. The molecule has 2 N–H and O–H groups in total. The van der Waals surface area contributed by atoms with Gasteiger partial charge in [0.2, 0.25) is 0 Å². The summed E-state index contributed by atoms with van der Waals surface area (Å²) in [7, 11) is 0. The van der Waals surface area contributed by atoms with E-state index in [2.05, 4.69) is 31.1 Å². The second-order valence-electron chi connectivity index (χ2n) is 8.25. The summed E-state index contributed by atoms with van der Waals surface area (Å²) in [6, 6.07) is 6.14. The average Bonchev–Trinajstić information content (AvgIpc) is 2.94. The number of β-amino-alcohol motifs (C(OH)–C–C–N with tert-alkyl or cyclic N) is 2. The fourth-order valence-electron chi connectivity index (χ4n) is 4.55. The van der Waals surface area contributed by atoms with Crippen molar-refractivity contribution in [2.24, 2.45) is 0 Å². The molecule has 160 valence electrons. The van der Waals surface area contributed by atoms with Crippen molar-refractivity contribution in [3.05, 3.63) is 23.0 Å². The smallest absolute Gasteiger partial charge is 0.183 e. The largest absolute Gasteiger partial charge is 0.494 e. The third-order valence-electron chi connectivity index (χ3n) is 5.95. The first-order chi connectivity index (χ1) is 14.0. The average molecular weight is 421 g/mol. The minimum absolute atomic E-state index is 0.259. The molecule has 8 heteroatoms. The highest BCUT2D eigenvalue weighted by Gasteiger charge is 2.22. The molecule has 0 amide bonds. The van der Waals surface area contributed by atoms with Gasteiger partial charge in [-0.1, -0.05) is 0 Å². The standard InChI is InChI=1S/C21H32N4O3S/c1-2-28-18-7-8-19-20(11-18)25(15-23-10-4-6-17(27)13-23)21(29)24(19)14-22-9-3-5-16(26)12-22/h7-8,11,16-17,26-27H,2-6,9-10,12-15H2,1H3/t16-,17-/m1/s1. The molecule has 0 unspecified atom stereocenters. The normalized spacial score (nSPS) is 24.2. The number of aliphatic hydroxyl groups is 2. The fraction of sp³-hybridized carbons (Fsp3) is 0.667. The number of nitrogens with zero attached hydrogens (tertiary/aromatic N) is 4. The molecule has 2 atom stereocenters. The highest BCUT2D eigenvalue weighted by Crippen LogP contribution is 2.26. The molecule has 2 saturated heterocycles. The zero-order valence-electron chi connectivity index (χ0n) is 17.2. The van der Waals surface area contributed by atoms with Crippen LogP contribution in [0.25, 0.3) is 11.0 Å². The van der Waals surface area contributed by atoms with E-state index in [0.29, 0.717) is 33.0 Å². The number of benzene rings is 1.